The third-order valence-corrected chi connectivity index (χ3v) is 3.13. The standard InChI is InChI=1S/C15H24N2O2/c1-17(12-13-7-9-14(18)10-8-13)15(19)6-4-2-3-5-11-16/h7-10,18H,2-6,11-12,16H2,1H3. The zero-order valence-electron chi connectivity index (χ0n) is 11.6. The Morgan fingerprint density at radius 2 is 1.79 bits per heavy atom. The summed E-state index contributed by atoms with van der Waals surface area (Å²) in [5.74, 6) is 0.415. The lowest BCUT2D eigenvalue weighted by Gasteiger charge is -2.17. The largest absolute Gasteiger partial charge is 0.508 e. The smallest absolute Gasteiger partial charge is 0.222 e. The van der Waals surface area contributed by atoms with Crippen LogP contribution in [0.2, 0.25) is 0 Å². The third-order valence-electron chi connectivity index (χ3n) is 3.13. The molecule has 1 aromatic carbocycles. The molecule has 0 unspecified atom stereocenters. The highest BCUT2D eigenvalue weighted by molar-refractivity contribution is 5.75. The molecule has 0 heterocycles. The first kappa shape index (κ1) is 15.5. The van der Waals surface area contributed by atoms with Crippen LogP contribution in [-0.4, -0.2) is 29.5 Å². The summed E-state index contributed by atoms with van der Waals surface area (Å²) < 4.78 is 0. The minimum atomic E-state index is 0.167. The number of amides is 1. The summed E-state index contributed by atoms with van der Waals surface area (Å²) in [7, 11) is 1.81. The predicted octanol–water partition coefficient (Wildman–Crippen LogP) is 2.26. The molecule has 0 aromatic heterocycles. The van der Waals surface area contributed by atoms with Crippen LogP contribution >= 0.6 is 0 Å². The van der Waals surface area contributed by atoms with Gasteiger partial charge in [0.2, 0.25) is 5.91 Å². The third kappa shape index (κ3) is 6.25. The van der Waals surface area contributed by atoms with Gasteiger partial charge in [-0.15, -0.1) is 0 Å². The van der Waals surface area contributed by atoms with Crippen molar-refractivity contribution in [2.45, 2.75) is 38.6 Å². The number of phenols is 1. The second-order valence-electron chi connectivity index (χ2n) is 4.87. The summed E-state index contributed by atoms with van der Waals surface area (Å²) in [5.41, 5.74) is 6.45. The van der Waals surface area contributed by atoms with Crippen LogP contribution in [-0.2, 0) is 11.3 Å². The van der Waals surface area contributed by atoms with Crippen molar-refractivity contribution in [3.63, 3.8) is 0 Å². The first-order valence-electron chi connectivity index (χ1n) is 6.85. The molecule has 0 saturated heterocycles. The maximum Gasteiger partial charge on any atom is 0.222 e. The predicted molar refractivity (Wildman–Crippen MR) is 76.7 cm³/mol. The van der Waals surface area contributed by atoms with Gasteiger partial charge in [0.25, 0.3) is 0 Å². The van der Waals surface area contributed by atoms with E-state index in [4.69, 9.17) is 5.73 Å². The lowest BCUT2D eigenvalue weighted by molar-refractivity contribution is -0.130. The van der Waals surface area contributed by atoms with Crippen molar-refractivity contribution >= 4 is 5.91 Å². The summed E-state index contributed by atoms with van der Waals surface area (Å²) in [5, 5.41) is 9.20. The van der Waals surface area contributed by atoms with E-state index in [9.17, 15) is 9.90 Å². The molecule has 0 spiro atoms. The van der Waals surface area contributed by atoms with E-state index in [1.165, 1.54) is 0 Å². The van der Waals surface area contributed by atoms with Crippen LogP contribution in [0.15, 0.2) is 24.3 Å². The van der Waals surface area contributed by atoms with E-state index in [-0.39, 0.29) is 11.7 Å². The van der Waals surface area contributed by atoms with Crippen LogP contribution in [0.3, 0.4) is 0 Å². The molecule has 1 amide bonds. The molecule has 4 heteroatoms. The second kappa shape index (κ2) is 8.53. The van der Waals surface area contributed by atoms with Gasteiger partial charge in [-0.25, -0.2) is 0 Å². The number of nitrogens with two attached hydrogens (primary N) is 1. The summed E-state index contributed by atoms with van der Waals surface area (Å²) in [6.45, 7) is 1.32. The number of nitrogens with zero attached hydrogens (tertiary/aromatic N) is 1. The Balaban J connectivity index is 2.26. The number of unbranched alkanes of at least 4 members (excludes halogenated alkanes) is 3. The quantitative estimate of drug-likeness (QED) is 0.708. The molecule has 106 valence electrons. The fraction of sp³-hybridized carbons (Fsp3) is 0.533. The van der Waals surface area contributed by atoms with E-state index >= 15 is 0 Å². The molecule has 0 saturated carbocycles. The molecular weight excluding hydrogens is 240 g/mol. The van der Waals surface area contributed by atoms with Gasteiger partial charge in [-0.1, -0.05) is 25.0 Å². The average molecular weight is 264 g/mol. The number of hydrogen-bond donors (Lipinski definition) is 2. The molecule has 0 radical (unpaired) electrons. The van der Waals surface area contributed by atoms with Crippen LogP contribution in [0.5, 0.6) is 5.75 Å². The van der Waals surface area contributed by atoms with E-state index in [1.807, 2.05) is 19.2 Å². The monoisotopic (exact) mass is 264 g/mol. The Hall–Kier alpha value is -1.55. The Morgan fingerprint density at radius 3 is 2.42 bits per heavy atom. The molecule has 1 rings (SSSR count). The van der Waals surface area contributed by atoms with E-state index in [0.29, 0.717) is 13.0 Å². The lowest BCUT2D eigenvalue weighted by atomic mass is 10.1. The van der Waals surface area contributed by atoms with Crippen molar-refractivity contribution in [2.75, 3.05) is 13.6 Å². The minimum absolute atomic E-state index is 0.167. The van der Waals surface area contributed by atoms with Gasteiger partial charge < -0.3 is 15.7 Å². The number of rotatable bonds is 8. The van der Waals surface area contributed by atoms with Gasteiger partial charge in [0, 0.05) is 20.0 Å². The van der Waals surface area contributed by atoms with Gasteiger partial charge >= 0.3 is 0 Å². The van der Waals surface area contributed by atoms with Crippen LogP contribution in [0.1, 0.15) is 37.7 Å². The Morgan fingerprint density at radius 1 is 1.16 bits per heavy atom. The van der Waals surface area contributed by atoms with Gasteiger partial charge in [-0.3, -0.25) is 4.79 Å². The molecule has 0 aliphatic heterocycles. The molecule has 0 aliphatic carbocycles. The van der Waals surface area contributed by atoms with Crippen LogP contribution in [0, 0.1) is 0 Å². The first-order valence-corrected chi connectivity index (χ1v) is 6.85. The molecular formula is C15H24N2O2. The highest BCUT2D eigenvalue weighted by Crippen LogP contribution is 2.12. The molecule has 0 fully saturated rings. The molecule has 4 nitrogen and oxygen atoms in total. The van der Waals surface area contributed by atoms with Crippen molar-refractivity contribution < 1.29 is 9.90 Å². The topological polar surface area (TPSA) is 66.6 Å². The van der Waals surface area contributed by atoms with Gasteiger partial charge in [0.05, 0.1) is 0 Å². The van der Waals surface area contributed by atoms with Crippen LogP contribution in [0.4, 0.5) is 0 Å². The van der Waals surface area contributed by atoms with E-state index < -0.39 is 0 Å². The highest BCUT2D eigenvalue weighted by Gasteiger charge is 2.08. The van der Waals surface area contributed by atoms with Gasteiger partial charge in [0.15, 0.2) is 0 Å². The van der Waals surface area contributed by atoms with Gasteiger partial charge in [0.1, 0.15) is 5.75 Å². The summed E-state index contributed by atoms with van der Waals surface area (Å²) in [6.07, 6.45) is 4.73. The molecule has 3 N–H and O–H groups in total. The number of carbonyl (C=O) groups is 1. The van der Waals surface area contributed by atoms with Crippen LogP contribution < -0.4 is 5.73 Å². The summed E-state index contributed by atoms with van der Waals surface area (Å²) >= 11 is 0. The number of carbonyl (C=O) groups excluding carboxylic acids is 1. The fourth-order valence-corrected chi connectivity index (χ4v) is 1.93. The van der Waals surface area contributed by atoms with E-state index in [2.05, 4.69) is 0 Å². The highest BCUT2D eigenvalue weighted by atomic mass is 16.3. The van der Waals surface area contributed by atoms with Crippen molar-refractivity contribution in [2.24, 2.45) is 5.73 Å². The van der Waals surface area contributed by atoms with Crippen molar-refractivity contribution in [3.8, 4) is 5.75 Å². The molecule has 1 aromatic rings. The molecule has 0 atom stereocenters. The van der Waals surface area contributed by atoms with E-state index in [0.717, 1.165) is 37.8 Å². The SMILES string of the molecule is CN(Cc1ccc(O)cc1)C(=O)CCCCCCN. The summed E-state index contributed by atoms with van der Waals surface area (Å²) in [4.78, 5) is 13.6. The Kier molecular flexibility index (Phi) is 6.97. The number of aromatic hydroxyl groups is 1. The lowest BCUT2D eigenvalue weighted by Crippen LogP contribution is -2.25. The van der Waals surface area contributed by atoms with Gasteiger partial charge in [-0.05, 0) is 37.1 Å². The van der Waals surface area contributed by atoms with Crippen molar-refractivity contribution in [1.29, 1.82) is 0 Å². The normalized spacial score (nSPS) is 10.4. The zero-order chi connectivity index (χ0) is 14.1. The molecule has 0 bridgehead atoms. The molecule has 19 heavy (non-hydrogen) atoms. The van der Waals surface area contributed by atoms with Crippen molar-refractivity contribution in [1.82, 2.24) is 4.90 Å². The minimum Gasteiger partial charge on any atom is -0.508 e. The Labute approximate surface area is 115 Å². The molecule has 0 aliphatic rings. The second-order valence-corrected chi connectivity index (χ2v) is 4.87. The number of benzene rings is 1. The van der Waals surface area contributed by atoms with Crippen molar-refractivity contribution in [3.05, 3.63) is 29.8 Å². The maximum absolute atomic E-state index is 11.9. The number of phenolic OH excluding ortho intramolecular Hbond substituents is 1. The maximum atomic E-state index is 11.9. The summed E-state index contributed by atoms with van der Waals surface area (Å²) in [6, 6.07) is 6.95. The Bertz CT molecular complexity index is 376. The van der Waals surface area contributed by atoms with E-state index in [1.54, 1.807) is 17.0 Å². The first-order chi connectivity index (χ1) is 9.13. The fourth-order valence-electron chi connectivity index (χ4n) is 1.93. The average Bonchev–Trinajstić information content (AvgIpc) is 2.41. The van der Waals surface area contributed by atoms with Gasteiger partial charge in [-0.2, -0.15) is 0 Å². The number of hydrogen-bond acceptors (Lipinski definition) is 3. The van der Waals surface area contributed by atoms with Crippen LogP contribution in [0.25, 0.3) is 0 Å². The zero-order valence-corrected chi connectivity index (χ0v) is 11.6.